The second-order valence-corrected chi connectivity index (χ2v) is 6.81. The average Bonchev–Trinajstić information content (AvgIpc) is 2.52. The van der Waals surface area contributed by atoms with Crippen LogP contribution >= 0.6 is 43.5 Å². The summed E-state index contributed by atoms with van der Waals surface area (Å²) in [5.41, 5.74) is 4.10. The van der Waals surface area contributed by atoms with Crippen molar-refractivity contribution in [3.8, 4) is 5.75 Å². The van der Waals surface area contributed by atoms with Crippen LogP contribution in [0.3, 0.4) is 0 Å². The maximum atomic E-state index is 11.8. The molecule has 23 heavy (non-hydrogen) atoms. The van der Waals surface area contributed by atoms with Gasteiger partial charge in [0.25, 0.3) is 5.91 Å². The summed E-state index contributed by atoms with van der Waals surface area (Å²) >= 11 is 12.5. The summed E-state index contributed by atoms with van der Waals surface area (Å²) in [7, 11) is 0. The highest BCUT2D eigenvalue weighted by Crippen LogP contribution is 2.27. The highest BCUT2D eigenvalue weighted by molar-refractivity contribution is 9.10. The van der Waals surface area contributed by atoms with E-state index in [2.05, 4.69) is 42.4 Å². The number of benzene rings is 2. The standard InChI is InChI=1S/C16H13Br2ClN2O2/c1-10(11-2-4-12(17)5-3-11)20-21-16(22)9-23-15-7-6-13(19)8-14(15)18/h2-8H,9H2,1H3,(H,21,22)/b20-10-. The lowest BCUT2D eigenvalue weighted by Crippen LogP contribution is -2.25. The molecule has 4 nitrogen and oxygen atoms in total. The predicted molar refractivity (Wildman–Crippen MR) is 99.1 cm³/mol. The van der Waals surface area contributed by atoms with Crippen LogP contribution in [0.5, 0.6) is 5.75 Å². The Morgan fingerprint density at radius 1 is 1.22 bits per heavy atom. The second kappa shape index (κ2) is 8.47. The van der Waals surface area contributed by atoms with Crippen molar-refractivity contribution in [3.05, 3.63) is 62.0 Å². The van der Waals surface area contributed by atoms with Crippen molar-refractivity contribution < 1.29 is 9.53 Å². The Kier molecular flexibility index (Phi) is 6.62. The van der Waals surface area contributed by atoms with Gasteiger partial charge in [-0.15, -0.1) is 0 Å². The molecule has 0 bridgehead atoms. The van der Waals surface area contributed by atoms with Gasteiger partial charge in [-0.05, 0) is 58.7 Å². The van der Waals surface area contributed by atoms with E-state index in [0.717, 1.165) is 10.0 Å². The highest BCUT2D eigenvalue weighted by atomic mass is 79.9. The third kappa shape index (κ3) is 5.64. The molecule has 0 fully saturated rings. The van der Waals surface area contributed by atoms with Gasteiger partial charge in [-0.3, -0.25) is 4.79 Å². The maximum absolute atomic E-state index is 11.8. The molecule has 2 rings (SSSR count). The largest absolute Gasteiger partial charge is 0.483 e. The minimum Gasteiger partial charge on any atom is -0.483 e. The Bertz CT molecular complexity index is 733. The van der Waals surface area contributed by atoms with Gasteiger partial charge in [0.15, 0.2) is 6.61 Å². The summed E-state index contributed by atoms with van der Waals surface area (Å²) in [4.78, 5) is 11.8. The molecule has 0 aromatic heterocycles. The lowest BCUT2D eigenvalue weighted by molar-refractivity contribution is -0.123. The smallest absolute Gasteiger partial charge is 0.277 e. The summed E-state index contributed by atoms with van der Waals surface area (Å²) in [6.07, 6.45) is 0. The number of nitrogens with one attached hydrogen (secondary N) is 1. The van der Waals surface area contributed by atoms with Crippen LogP contribution in [0.1, 0.15) is 12.5 Å². The van der Waals surface area contributed by atoms with Crippen LogP contribution in [0.25, 0.3) is 0 Å². The molecule has 0 spiro atoms. The lowest BCUT2D eigenvalue weighted by Gasteiger charge is -2.08. The molecule has 0 radical (unpaired) electrons. The Hall–Kier alpha value is -1.37. The van der Waals surface area contributed by atoms with Crippen LogP contribution in [-0.4, -0.2) is 18.2 Å². The molecule has 1 amide bonds. The van der Waals surface area contributed by atoms with E-state index in [0.29, 0.717) is 21.0 Å². The number of rotatable bonds is 5. The van der Waals surface area contributed by atoms with Crippen molar-refractivity contribution in [1.29, 1.82) is 0 Å². The number of amides is 1. The van der Waals surface area contributed by atoms with Crippen molar-refractivity contribution in [2.75, 3.05) is 6.61 Å². The molecular weight excluding hydrogens is 447 g/mol. The number of ether oxygens (including phenoxy) is 1. The van der Waals surface area contributed by atoms with Crippen LogP contribution in [-0.2, 0) is 4.79 Å². The second-order valence-electron chi connectivity index (χ2n) is 4.60. The fourth-order valence-electron chi connectivity index (χ4n) is 1.67. The van der Waals surface area contributed by atoms with Crippen molar-refractivity contribution in [3.63, 3.8) is 0 Å². The molecule has 0 aliphatic rings. The fourth-order valence-corrected chi connectivity index (χ4v) is 2.73. The van der Waals surface area contributed by atoms with E-state index in [4.69, 9.17) is 16.3 Å². The van der Waals surface area contributed by atoms with Gasteiger partial charge >= 0.3 is 0 Å². The zero-order chi connectivity index (χ0) is 16.8. The molecule has 0 saturated heterocycles. The minimum atomic E-state index is -0.344. The van der Waals surface area contributed by atoms with Crippen molar-refractivity contribution in [2.45, 2.75) is 6.92 Å². The Morgan fingerprint density at radius 2 is 1.91 bits per heavy atom. The summed E-state index contributed by atoms with van der Waals surface area (Å²) in [6.45, 7) is 1.68. The minimum absolute atomic E-state index is 0.142. The SMILES string of the molecule is C/C(=N/NC(=O)COc1ccc(Cl)cc1Br)c1ccc(Br)cc1. The van der Waals surface area contributed by atoms with E-state index in [1.54, 1.807) is 18.2 Å². The van der Waals surface area contributed by atoms with E-state index >= 15 is 0 Å². The van der Waals surface area contributed by atoms with Gasteiger partial charge in [0, 0.05) is 9.50 Å². The lowest BCUT2D eigenvalue weighted by atomic mass is 10.1. The first-order valence-corrected chi connectivity index (χ1v) is 8.59. The molecule has 0 saturated carbocycles. The first kappa shape index (κ1) is 18.0. The van der Waals surface area contributed by atoms with Crippen molar-refractivity contribution in [1.82, 2.24) is 5.43 Å². The van der Waals surface area contributed by atoms with Crippen LogP contribution < -0.4 is 10.2 Å². The Balaban J connectivity index is 1.89. The van der Waals surface area contributed by atoms with E-state index in [1.807, 2.05) is 31.2 Å². The number of halogens is 3. The third-order valence-electron chi connectivity index (χ3n) is 2.86. The molecule has 0 heterocycles. The van der Waals surface area contributed by atoms with E-state index in [1.165, 1.54) is 0 Å². The van der Waals surface area contributed by atoms with E-state index in [9.17, 15) is 4.79 Å². The Morgan fingerprint density at radius 3 is 2.57 bits per heavy atom. The number of hydrogen-bond acceptors (Lipinski definition) is 3. The van der Waals surface area contributed by atoms with Crippen molar-refractivity contribution in [2.24, 2.45) is 5.10 Å². The zero-order valence-corrected chi connectivity index (χ0v) is 16.1. The first-order valence-electron chi connectivity index (χ1n) is 6.62. The van der Waals surface area contributed by atoms with Crippen LogP contribution in [0.2, 0.25) is 5.02 Å². The number of carbonyl (C=O) groups is 1. The van der Waals surface area contributed by atoms with Crippen LogP contribution in [0, 0.1) is 0 Å². The van der Waals surface area contributed by atoms with Gasteiger partial charge in [-0.25, -0.2) is 5.43 Å². The van der Waals surface area contributed by atoms with Crippen LogP contribution in [0.4, 0.5) is 0 Å². The normalized spacial score (nSPS) is 11.2. The highest BCUT2D eigenvalue weighted by Gasteiger charge is 2.06. The molecule has 1 N–H and O–H groups in total. The number of hydrazone groups is 1. The summed E-state index contributed by atoms with van der Waals surface area (Å²) in [6, 6.07) is 12.7. The molecule has 0 aliphatic heterocycles. The summed E-state index contributed by atoms with van der Waals surface area (Å²) in [5.74, 6) is 0.196. The van der Waals surface area contributed by atoms with Gasteiger partial charge in [0.1, 0.15) is 5.75 Å². The predicted octanol–water partition coefficient (Wildman–Crippen LogP) is 4.78. The first-order chi connectivity index (χ1) is 11.0. The van der Waals surface area contributed by atoms with Gasteiger partial charge < -0.3 is 4.74 Å². The fraction of sp³-hybridized carbons (Fsp3) is 0.125. The average molecular weight is 461 g/mol. The number of nitrogens with zero attached hydrogens (tertiary/aromatic N) is 1. The summed E-state index contributed by atoms with van der Waals surface area (Å²) < 4.78 is 7.09. The van der Waals surface area contributed by atoms with Gasteiger partial charge in [0.2, 0.25) is 0 Å². The monoisotopic (exact) mass is 458 g/mol. The maximum Gasteiger partial charge on any atom is 0.277 e. The molecule has 2 aromatic rings. The molecule has 120 valence electrons. The molecule has 0 atom stereocenters. The van der Waals surface area contributed by atoms with E-state index < -0.39 is 0 Å². The molecule has 0 aliphatic carbocycles. The zero-order valence-electron chi connectivity index (χ0n) is 12.1. The van der Waals surface area contributed by atoms with E-state index in [-0.39, 0.29) is 12.5 Å². The van der Waals surface area contributed by atoms with Crippen LogP contribution in [0.15, 0.2) is 56.5 Å². The topological polar surface area (TPSA) is 50.7 Å². The molecule has 7 heteroatoms. The van der Waals surface area contributed by atoms with Gasteiger partial charge in [0.05, 0.1) is 10.2 Å². The third-order valence-corrected chi connectivity index (χ3v) is 4.25. The Labute approximate surface area is 156 Å². The number of hydrogen-bond donors (Lipinski definition) is 1. The molecule has 2 aromatic carbocycles. The molecular formula is C16H13Br2ClN2O2. The van der Waals surface area contributed by atoms with Gasteiger partial charge in [-0.1, -0.05) is 39.7 Å². The number of carbonyl (C=O) groups excluding carboxylic acids is 1. The summed E-state index contributed by atoms with van der Waals surface area (Å²) in [5, 5.41) is 4.65. The quantitative estimate of drug-likeness (QED) is 0.516. The van der Waals surface area contributed by atoms with Gasteiger partial charge in [-0.2, -0.15) is 5.10 Å². The van der Waals surface area contributed by atoms with Crippen molar-refractivity contribution >= 4 is 55.1 Å². The molecule has 0 unspecified atom stereocenters.